The second-order valence-corrected chi connectivity index (χ2v) is 3.97. The summed E-state index contributed by atoms with van der Waals surface area (Å²) in [4.78, 5) is 2.35. The van der Waals surface area contributed by atoms with Gasteiger partial charge >= 0.3 is 0 Å². The lowest BCUT2D eigenvalue weighted by Gasteiger charge is -2.28. The maximum atomic E-state index is 8.98. The molecular formula is C12H25NO. The van der Waals surface area contributed by atoms with Gasteiger partial charge in [0.1, 0.15) is 0 Å². The van der Waals surface area contributed by atoms with E-state index in [2.05, 4.69) is 38.7 Å². The maximum Gasteiger partial charge on any atom is 0.0558 e. The summed E-state index contributed by atoms with van der Waals surface area (Å²) in [5.74, 6) is 0. The molecule has 0 rings (SSSR count). The van der Waals surface area contributed by atoms with Crippen LogP contribution in [-0.2, 0) is 0 Å². The highest BCUT2D eigenvalue weighted by atomic mass is 16.3. The summed E-state index contributed by atoms with van der Waals surface area (Å²) in [6.45, 7) is 10.7. The molecule has 0 aliphatic carbocycles. The normalized spacial score (nSPS) is 11.1. The molecule has 0 unspecified atom stereocenters. The fraction of sp³-hybridized carbons (Fsp3) is 0.833. The number of hydrogen-bond acceptors (Lipinski definition) is 2. The minimum Gasteiger partial charge on any atom is -0.395 e. The Morgan fingerprint density at radius 2 is 1.86 bits per heavy atom. The molecule has 84 valence electrons. The molecule has 0 radical (unpaired) electrons. The first kappa shape index (κ1) is 13.7. The highest BCUT2D eigenvalue weighted by molar-refractivity contribution is 4.95. The Balaban J connectivity index is 4.18. The van der Waals surface area contributed by atoms with Crippen LogP contribution in [0.5, 0.6) is 0 Å². The molecule has 0 saturated heterocycles. The summed E-state index contributed by atoms with van der Waals surface area (Å²) in [6, 6.07) is 0.609. The van der Waals surface area contributed by atoms with Crippen LogP contribution in [0.2, 0.25) is 0 Å². The van der Waals surface area contributed by atoms with E-state index >= 15 is 0 Å². The lowest BCUT2D eigenvalue weighted by molar-refractivity contribution is 0.157. The number of allylic oxidation sites excluding steroid dienone is 1. The smallest absolute Gasteiger partial charge is 0.0558 e. The van der Waals surface area contributed by atoms with E-state index < -0.39 is 0 Å². The molecule has 0 aromatic heterocycles. The molecule has 0 fully saturated rings. The van der Waals surface area contributed by atoms with Crippen molar-refractivity contribution >= 4 is 0 Å². The summed E-state index contributed by atoms with van der Waals surface area (Å²) in [7, 11) is 0. The molecule has 1 N–H and O–H groups in total. The minimum absolute atomic E-state index is 0.257. The Morgan fingerprint density at radius 3 is 2.21 bits per heavy atom. The summed E-state index contributed by atoms with van der Waals surface area (Å²) in [5.41, 5.74) is 1.35. The number of nitrogens with zero attached hydrogens (tertiary/aromatic N) is 1. The lowest BCUT2D eigenvalue weighted by atomic mass is 10.1. The number of hydrogen-bond donors (Lipinski definition) is 1. The lowest BCUT2D eigenvalue weighted by Crippen LogP contribution is -2.36. The van der Waals surface area contributed by atoms with Gasteiger partial charge in [0.2, 0.25) is 0 Å². The third kappa shape index (κ3) is 5.40. The second-order valence-electron chi connectivity index (χ2n) is 3.97. The number of aliphatic hydroxyl groups is 1. The molecule has 0 atom stereocenters. The summed E-state index contributed by atoms with van der Waals surface area (Å²) >= 11 is 0. The summed E-state index contributed by atoms with van der Waals surface area (Å²) < 4.78 is 0. The van der Waals surface area contributed by atoms with Crippen molar-refractivity contribution in [2.45, 2.75) is 46.6 Å². The van der Waals surface area contributed by atoms with Crippen molar-refractivity contribution in [3.05, 3.63) is 11.6 Å². The van der Waals surface area contributed by atoms with Gasteiger partial charge in [-0.05, 0) is 26.7 Å². The molecule has 0 saturated carbocycles. The van der Waals surface area contributed by atoms with E-state index in [0.717, 1.165) is 25.9 Å². The van der Waals surface area contributed by atoms with Crippen LogP contribution in [0.15, 0.2) is 11.6 Å². The molecule has 2 heteroatoms. The van der Waals surface area contributed by atoms with Crippen LogP contribution in [0.4, 0.5) is 0 Å². The third-order valence-electron chi connectivity index (χ3n) is 2.58. The molecule has 0 spiro atoms. The van der Waals surface area contributed by atoms with E-state index in [-0.39, 0.29) is 6.61 Å². The Morgan fingerprint density at radius 1 is 1.29 bits per heavy atom. The first-order valence-corrected chi connectivity index (χ1v) is 5.63. The van der Waals surface area contributed by atoms with E-state index in [4.69, 9.17) is 5.11 Å². The quantitative estimate of drug-likeness (QED) is 0.637. The Labute approximate surface area is 88.6 Å². The number of aliphatic hydroxyl groups excluding tert-OH is 1. The largest absolute Gasteiger partial charge is 0.395 e. The van der Waals surface area contributed by atoms with Crippen molar-refractivity contribution < 1.29 is 5.11 Å². The molecule has 0 bridgehead atoms. The average molecular weight is 199 g/mol. The molecule has 14 heavy (non-hydrogen) atoms. The zero-order valence-electron chi connectivity index (χ0n) is 10.1. The molecule has 0 aromatic rings. The molecular weight excluding hydrogens is 174 g/mol. The Kier molecular flexibility index (Phi) is 7.81. The zero-order chi connectivity index (χ0) is 11.0. The maximum absolute atomic E-state index is 8.98. The van der Waals surface area contributed by atoms with Crippen LogP contribution < -0.4 is 0 Å². The molecule has 2 nitrogen and oxygen atoms in total. The van der Waals surface area contributed by atoms with Crippen LogP contribution in [0.3, 0.4) is 0 Å². The minimum atomic E-state index is 0.257. The third-order valence-corrected chi connectivity index (χ3v) is 2.58. The average Bonchev–Trinajstić information content (AvgIpc) is 2.15. The monoisotopic (exact) mass is 199 g/mol. The van der Waals surface area contributed by atoms with Crippen LogP contribution >= 0.6 is 0 Å². The molecule has 0 aliphatic heterocycles. The van der Waals surface area contributed by atoms with Crippen molar-refractivity contribution in [3.8, 4) is 0 Å². The predicted octanol–water partition coefficient (Wildman–Crippen LogP) is 2.44. The van der Waals surface area contributed by atoms with Gasteiger partial charge in [0.15, 0.2) is 0 Å². The van der Waals surface area contributed by atoms with E-state index in [9.17, 15) is 0 Å². The highest BCUT2D eigenvalue weighted by Gasteiger charge is 2.12. The van der Waals surface area contributed by atoms with E-state index in [1.165, 1.54) is 5.57 Å². The molecule has 0 heterocycles. The first-order valence-electron chi connectivity index (χ1n) is 5.63. The van der Waals surface area contributed by atoms with Crippen molar-refractivity contribution in [1.29, 1.82) is 0 Å². The Bertz CT molecular complexity index is 158. The second kappa shape index (κ2) is 8.01. The standard InChI is InChI=1S/C12H25NO/c1-5-12(6-2)13(9-10-14)8-7-11(3)4/h7,12,14H,5-6,8-10H2,1-4H3. The van der Waals surface area contributed by atoms with Crippen molar-refractivity contribution in [1.82, 2.24) is 4.90 Å². The van der Waals surface area contributed by atoms with Crippen molar-refractivity contribution in [3.63, 3.8) is 0 Å². The Hall–Kier alpha value is -0.340. The van der Waals surface area contributed by atoms with E-state index in [1.807, 2.05) is 0 Å². The van der Waals surface area contributed by atoms with Crippen molar-refractivity contribution in [2.75, 3.05) is 19.7 Å². The predicted molar refractivity (Wildman–Crippen MR) is 62.5 cm³/mol. The van der Waals surface area contributed by atoms with Gasteiger partial charge in [0.05, 0.1) is 6.61 Å². The van der Waals surface area contributed by atoms with E-state index in [0.29, 0.717) is 6.04 Å². The molecule has 0 aliphatic rings. The SMILES string of the molecule is CCC(CC)N(CC=C(C)C)CCO. The first-order chi connectivity index (χ1) is 6.65. The van der Waals surface area contributed by atoms with Gasteiger partial charge < -0.3 is 5.11 Å². The van der Waals surface area contributed by atoms with Gasteiger partial charge in [-0.1, -0.05) is 25.5 Å². The molecule has 0 aromatic carbocycles. The topological polar surface area (TPSA) is 23.5 Å². The van der Waals surface area contributed by atoms with Crippen LogP contribution in [-0.4, -0.2) is 35.7 Å². The molecule has 0 amide bonds. The van der Waals surface area contributed by atoms with E-state index in [1.54, 1.807) is 0 Å². The van der Waals surface area contributed by atoms with Crippen LogP contribution in [0.25, 0.3) is 0 Å². The van der Waals surface area contributed by atoms with Gasteiger partial charge in [-0.2, -0.15) is 0 Å². The zero-order valence-corrected chi connectivity index (χ0v) is 10.1. The fourth-order valence-electron chi connectivity index (χ4n) is 1.66. The fourth-order valence-corrected chi connectivity index (χ4v) is 1.66. The summed E-state index contributed by atoms with van der Waals surface area (Å²) in [6.07, 6.45) is 4.55. The van der Waals surface area contributed by atoms with Gasteiger partial charge in [0, 0.05) is 19.1 Å². The highest BCUT2D eigenvalue weighted by Crippen LogP contribution is 2.08. The van der Waals surface area contributed by atoms with Crippen LogP contribution in [0.1, 0.15) is 40.5 Å². The van der Waals surface area contributed by atoms with Crippen molar-refractivity contribution in [2.24, 2.45) is 0 Å². The van der Waals surface area contributed by atoms with Gasteiger partial charge in [-0.3, -0.25) is 4.90 Å². The van der Waals surface area contributed by atoms with Crippen LogP contribution in [0, 0.1) is 0 Å². The summed E-state index contributed by atoms with van der Waals surface area (Å²) in [5, 5.41) is 8.98. The van der Waals surface area contributed by atoms with Gasteiger partial charge in [-0.15, -0.1) is 0 Å². The number of rotatable bonds is 7. The van der Waals surface area contributed by atoms with Gasteiger partial charge in [-0.25, -0.2) is 0 Å². The van der Waals surface area contributed by atoms with Gasteiger partial charge in [0.25, 0.3) is 0 Å².